The molecule has 5 aliphatic rings. The molecule has 4 saturated heterocycles. The number of pyridine rings is 2. The molecule has 0 saturated carbocycles. The van der Waals surface area contributed by atoms with Gasteiger partial charge in [-0.2, -0.15) is 15.3 Å². The highest BCUT2D eigenvalue weighted by Crippen LogP contribution is 2.52. The highest BCUT2D eigenvalue weighted by Gasteiger charge is 2.54. The van der Waals surface area contributed by atoms with Crippen LogP contribution in [0, 0.1) is 0 Å². The van der Waals surface area contributed by atoms with Crippen LogP contribution in [0.2, 0.25) is 0 Å². The molecule has 3 unspecified atom stereocenters. The molecule has 0 spiro atoms. The van der Waals surface area contributed by atoms with Crippen LogP contribution < -0.4 is 20.0 Å². The maximum absolute atomic E-state index is 4.95. The van der Waals surface area contributed by atoms with E-state index < -0.39 is 0 Å². The molecule has 5 atom stereocenters. The Balaban J connectivity index is 0.000000112. The summed E-state index contributed by atoms with van der Waals surface area (Å²) in [6.07, 6.45) is 32.7. The Morgan fingerprint density at radius 2 is 1.07 bits per heavy atom. The third-order valence-electron chi connectivity index (χ3n) is 20.4. The molecule has 30 heteroatoms. The average molecular weight is 1380 g/mol. The number of anilines is 3. The number of aliphatic imine (C=N–C) groups is 1. The van der Waals surface area contributed by atoms with Gasteiger partial charge in [-0.15, -0.1) is 0 Å². The van der Waals surface area contributed by atoms with Crippen LogP contribution >= 0.6 is 68.0 Å². The lowest BCUT2D eigenvalue weighted by Crippen LogP contribution is -2.59. The quantitative estimate of drug-likeness (QED) is 0.0886. The zero-order valence-electron chi connectivity index (χ0n) is 54.2. The number of hydrogen-bond acceptors (Lipinski definition) is 26. The van der Waals surface area contributed by atoms with Gasteiger partial charge in [-0.1, -0.05) is 68.0 Å². The number of hydrogen-bond donors (Lipinski definition) is 4. The number of H-pyrrole nitrogens is 3. The summed E-state index contributed by atoms with van der Waals surface area (Å²) in [5.74, 6) is 0. The van der Waals surface area contributed by atoms with Crippen LogP contribution in [0.25, 0.3) is 106 Å². The van der Waals surface area contributed by atoms with Gasteiger partial charge in [-0.25, -0.2) is 34.9 Å². The second-order valence-electron chi connectivity index (χ2n) is 26.1. The summed E-state index contributed by atoms with van der Waals surface area (Å²) < 4.78 is 2.11. The molecule has 0 radical (unpaired) electrons. The number of nitrogens with one attached hydrogen (secondary N) is 4. The van der Waals surface area contributed by atoms with Gasteiger partial charge in [0.05, 0.1) is 47.9 Å². The van der Waals surface area contributed by atoms with Crippen LogP contribution in [0.3, 0.4) is 0 Å². The molecule has 13 aromatic rings. The molecule has 95 heavy (non-hydrogen) atoms. The van der Waals surface area contributed by atoms with Gasteiger partial charge in [0, 0.05) is 153 Å². The summed E-state index contributed by atoms with van der Waals surface area (Å²) in [5, 5.41) is 31.1. The summed E-state index contributed by atoms with van der Waals surface area (Å²) in [5.41, 5.74) is 12.2. The molecule has 0 amide bonds. The van der Waals surface area contributed by atoms with Crippen molar-refractivity contribution < 1.29 is 0 Å². The predicted octanol–water partition coefficient (Wildman–Crippen LogP) is 12.7. The summed E-state index contributed by atoms with van der Waals surface area (Å²) in [6.45, 7) is 10.4. The maximum Gasteiger partial charge on any atom is 0.188 e. The monoisotopic (exact) mass is 1380 g/mol. The average Bonchev–Trinajstić information content (AvgIpc) is 1.61. The van der Waals surface area contributed by atoms with Gasteiger partial charge in [0.15, 0.2) is 44.4 Å². The van der Waals surface area contributed by atoms with Crippen molar-refractivity contribution in [1.82, 2.24) is 100 Å². The summed E-state index contributed by atoms with van der Waals surface area (Å²) in [7, 11) is 13.1. The first-order valence-electron chi connectivity index (χ1n) is 32.1. The lowest BCUT2D eigenvalue weighted by atomic mass is 9.82. The van der Waals surface area contributed by atoms with Crippen molar-refractivity contribution in [2.75, 3.05) is 69.6 Å². The minimum Gasteiger partial charge on any atom is -0.349 e. The molecule has 18 rings (SSSR count). The Kier molecular flexibility index (Phi) is 16.2. The van der Waals surface area contributed by atoms with Gasteiger partial charge >= 0.3 is 0 Å². The first-order chi connectivity index (χ1) is 46.1. The van der Waals surface area contributed by atoms with Crippen molar-refractivity contribution >= 4 is 135 Å². The van der Waals surface area contributed by atoms with E-state index in [1.165, 1.54) is 37.7 Å². The van der Waals surface area contributed by atoms with Gasteiger partial charge in [0.2, 0.25) is 0 Å². The molecule has 4 N–H and O–H groups in total. The van der Waals surface area contributed by atoms with Crippen molar-refractivity contribution in [3.05, 3.63) is 79.8 Å². The van der Waals surface area contributed by atoms with Crippen LogP contribution in [0.5, 0.6) is 0 Å². The van der Waals surface area contributed by atoms with Gasteiger partial charge in [0.1, 0.15) is 32.1 Å². The number of aryl methyl sites for hydroxylation is 1. The lowest BCUT2D eigenvalue weighted by Gasteiger charge is -2.51. The number of rotatable bonds is 12. The highest BCUT2D eigenvalue weighted by molar-refractivity contribution is 7.31. The van der Waals surface area contributed by atoms with Crippen molar-refractivity contribution in [2.24, 2.45) is 12.0 Å². The molecule has 5 aliphatic heterocycles. The fraction of sp³-hybridized carbons (Fsp3) is 0.415. The Morgan fingerprint density at radius 3 is 1.66 bits per heavy atom. The van der Waals surface area contributed by atoms with E-state index in [9.17, 15) is 0 Å². The normalized spacial score (nSPS) is 21.4. The van der Waals surface area contributed by atoms with Gasteiger partial charge in [0.25, 0.3) is 0 Å². The number of likely N-dealkylation sites (tertiary alicyclic amines) is 1. The predicted molar refractivity (Wildman–Crippen MR) is 387 cm³/mol. The smallest absolute Gasteiger partial charge is 0.188 e. The lowest BCUT2D eigenvalue weighted by molar-refractivity contribution is 0.0274. The SMILES string of the molecule is CC1CC(N(C)c2nc3sc(-c4ncc(-c5cn[nH]c5)c5c4N=CC5)nc3s2)CCN1C.CN(c1nc2sc(-c3cnc(-c4cn[nH]c4)cn3)nc2s1)C1C[C@]2(C)CC[C@](C)(C1)N2C.CN(c1nc2sc(-c3ncc(-c4cn[nH]c4)c4ccn(C)c34)nc2s1)C1CCNCC1. The number of aromatic nitrogens is 17. The Hall–Kier alpha value is -7.94. The van der Waals surface area contributed by atoms with Crippen molar-refractivity contribution in [3.8, 4) is 65.6 Å². The number of thiazole rings is 6. The van der Waals surface area contributed by atoms with Crippen molar-refractivity contribution in [1.29, 1.82) is 0 Å². The van der Waals surface area contributed by atoms with Crippen LogP contribution in [0.15, 0.2) is 79.2 Å². The van der Waals surface area contributed by atoms with E-state index in [1.54, 1.807) is 86.6 Å². The number of fused-ring (bicyclic) bond motifs is 7. The van der Waals surface area contributed by atoms with E-state index in [1.807, 2.05) is 56.6 Å². The van der Waals surface area contributed by atoms with E-state index in [-0.39, 0.29) is 11.1 Å². The Bertz CT molecular complexity index is 4780. The van der Waals surface area contributed by atoms with Crippen molar-refractivity contribution in [2.45, 2.75) is 114 Å². The molecule has 488 valence electrons. The zero-order valence-corrected chi connectivity index (χ0v) is 59.1. The van der Waals surface area contributed by atoms with E-state index in [4.69, 9.17) is 39.9 Å². The number of aromatic amines is 3. The van der Waals surface area contributed by atoms with Crippen LogP contribution in [-0.4, -0.2) is 191 Å². The van der Waals surface area contributed by atoms with E-state index >= 15 is 0 Å². The minimum atomic E-state index is 0.285. The van der Waals surface area contributed by atoms with E-state index in [0.717, 1.165) is 172 Å². The molecular formula is C65H72N24S6. The van der Waals surface area contributed by atoms with Crippen LogP contribution in [0.1, 0.15) is 77.7 Å². The zero-order chi connectivity index (χ0) is 64.9. The van der Waals surface area contributed by atoms with Gasteiger partial charge < -0.3 is 29.5 Å². The van der Waals surface area contributed by atoms with Crippen LogP contribution in [-0.2, 0) is 13.5 Å². The molecule has 0 aliphatic carbocycles. The van der Waals surface area contributed by atoms with Gasteiger partial charge in [-0.05, 0) is 111 Å². The summed E-state index contributed by atoms with van der Waals surface area (Å²) >= 11 is 9.83. The molecule has 4 fully saturated rings. The molecular weight excluding hydrogens is 1310 g/mol. The molecule has 24 nitrogen and oxygen atoms in total. The second kappa shape index (κ2) is 24.9. The summed E-state index contributed by atoms with van der Waals surface area (Å²) in [6, 6.07) is 4.30. The highest BCUT2D eigenvalue weighted by atomic mass is 32.1. The molecule has 2 bridgehead atoms. The molecule has 18 heterocycles. The topological polar surface area (TPSA) is 260 Å². The van der Waals surface area contributed by atoms with E-state index in [0.29, 0.717) is 24.2 Å². The number of piperidine rings is 3. The van der Waals surface area contributed by atoms with E-state index in [2.05, 4.69) is 148 Å². The summed E-state index contributed by atoms with van der Waals surface area (Å²) in [4.78, 5) is 70.8. The van der Waals surface area contributed by atoms with Crippen LogP contribution in [0.4, 0.5) is 21.1 Å². The molecule has 0 aromatic carbocycles. The Labute approximate surface area is 572 Å². The third kappa shape index (κ3) is 11.5. The first-order valence-corrected chi connectivity index (χ1v) is 37.0. The largest absolute Gasteiger partial charge is 0.349 e. The van der Waals surface area contributed by atoms with Gasteiger partial charge in [-0.3, -0.25) is 40.1 Å². The second-order valence-corrected chi connectivity index (χ2v) is 31.9. The minimum absolute atomic E-state index is 0.285. The number of nitrogens with zero attached hydrogens (tertiary/aromatic N) is 20. The van der Waals surface area contributed by atoms with Crippen molar-refractivity contribution in [3.63, 3.8) is 0 Å². The fourth-order valence-electron chi connectivity index (χ4n) is 14.3. The fourth-order valence-corrected chi connectivity index (χ4v) is 20.5. The Morgan fingerprint density at radius 1 is 0.547 bits per heavy atom. The third-order valence-corrected chi connectivity index (χ3v) is 26.8. The standard InChI is InChI=1S/C22H26N8S2.C22H24N8S2.C21H22N8S2/c1-21-5-6-22(2,30(21)4)8-14(7-21)29(3)20-28-19-18(32-20)27-17(31-19)16-12-23-15(11-24-16)13-9-25-26-10-13;1-12-8-14(5-7-29(12)2)30(3)22-28-21-20(32-22)27-19(31-21)18-17-15(4-6-23-17)16(11-24-18)13-9-25-26-10-13;1-28-8-5-14-15(12-9-24-25-10-12)11-23-16(17(14)28)18-26-19-20(30-18)27-21(31-19)29(2)13-3-6-22-7-4-13/h9-12,14H,5-8H2,1-4H3,(H,25,26);6,9-12,14H,4-5,7-8H2,1-3H3,(H,25,26);5,8-11,13,22H,3-4,6-7H2,1-2H3,(H,24,25)/t14?,21-,22+;;. The first kappa shape index (κ1) is 61.9. The molecule has 13 aromatic heterocycles. The maximum atomic E-state index is 4.95.